The zero-order chi connectivity index (χ0) is 24.2. The van der Waals surface area contributed by atoms with Crippen LogP contribution in [0.3, 0.4) is 0 Å². The zero-order valence-corrected chi connectivity index (χ0v) is 19.5. The van der Waals surface area contributed by atoms with E-state index in [4.69, 9.17) is 9.47 Å². The standard InChI is InChI=1S/C29H27NO5/c1-30-27(32)25-24-20-11-5-7-13-22(20)29(26(25)28(30)33,23-14-8-6-12-21(23)24)17-34-15-18(31)16-35-19-9-3-2-4-10-19/h2-14,18,24-26,31H,15-17H2,1H3. The summed E-state index contributed by atoms with van der Waals surface area (Å²) in [4.78, 5) is 28.1. The van der Waals surface area contributed by atoms with Crippen LogP contribution in [0.2, 0.25) is 0 Å². The number of hydrogen-bond donors (Lipinski definition) is 1. The average molecular weight is 470 g/mol. The van der Waals surface area contributed by atoms with Crippen LogP contribution in [0.15, 0.2) is 78.9 Å². The van der Waals surface area contributed by atoms with E-state index in [-0.39, 0.29) is 37.6 Å². The third-order valence-corrected chi connectivity index (χ3v) is 7.84. The van der Waals surface area contributed by atoms with Crippen molar-refractivity contribution >= 4 is 11.8 Å². The number of aliphatic hydroxyl groups is 1. The Labute approximate surface area is 204 Å². The fraction of sp³-hybridized carbons (Fsp3) is 0.310. The van der Waals surface area contributed by atoms with Gasteiger partial charge in [-0.05, 0) is 34.4 Å². The van der Waals surface area contributed by atoms with Crippen molar-refractivity contribution < 1.29 is 24.2 Å². The summed E-state index contributed by atoms with van der Waals surface area (Å²) in [5.41, 5.74) is 3.44. The average Bonchev–Trinajstić information content (AvgIpc) is 3.13. The molecular weight excluding hydrogens is 442 g/mol. The van der Waals surface area contributed by atoms with Gasteiger partial charge in [-0.3, -0.25) is 14.5 Å². The Morgan fingerprint density at radius 3 is 2.11 bits per heavy atom. The molecule has 1 N–H and O–H groups in total. The molecular formula is C29H27NO5. The van der Waals surface area contributed by atoms with Gasteiger partial charge in [-0.2, -0.15) is 0 Å². The second kappa shape index (κ2) is 8.33. The molecule has 1 heterocycles. The van der Waals surface area contributed by atoms with Crippen LogP contribution >= 0.6 is 0 Å². The molecule has 2 amide bonds. The molecule has 1 saturated heterocycles. The number of amides is 2. The number of rotatable bonds is 7. The Bertz CT molecular complexity index is 1240. The van der Waals surface area contributed by atoms with E-state index < -0.39 is 23.4 Å². The van der Waals surface area contributed by atoms with Crippen molar-refractivity contribution in [2.75, 3.05) is 26.9 Å². The molecule has 0 saturated carbocycles. The second-order valence-corrected chi connectivity index (χ2v) is 9.66. The lowest BCUT2D eigenvalue weighted by atomic mass is 9.47. The Morgan fingerprint density at radius 1 is 0.857 bits per heavy atom. The molecule has 1 fully saturated rings. The summed E-state index contributed by atoms with van der Waals surface area (Å²) in [7, 11) is 1.58. The number of para-hydroxylation sites is 1. The van der Waals surface area contributed by atoms with Crippen LogP contribution in [0.4, 0.5) is 0 Å². The topological polar surface area (TPSA) is 76.1 Å². The van der Waals surface area contributed by atoms with Gasteiger partial charge in [0.25, 0.3) is 0 Å². The number of imide groups is 1. The molecule has 3 aromatic rings. The lowest BCUT2D eigenvalue weighted by molar-refractivity contribution is -0.138. The lowest BCUT2D eigenvalue weighted by Crippen LogP contribution is -2.56. The van der Waals surface area contributed by atoms with Gasteiger partial charge in [0.05, 0.1) is 30.5 Å². The highest BCUT2D eigenvalue weighted by molar-refractivity contribution is 6.08. The van der Waals surface area contributed by atoms with Gasteiger partial charge >= 0.3 is 0 Å². The molecule has 3 aromatic carbocycles. The van der Waals surface area contributed by atoms with Crippen LogP contribution in [0.5, 0.6) is 5.75 Å². The second-order valence-electron chi connectivity index (χ2n) is 9.66. The van der Waals surface area contributed by atoms with Crippen LogP contribution in [-0.4, -0.2) is 54.8 Å². The minimum Gasteiger partial charge on any atom is -0.491 e. The highest BCUT2D eigenvalue weighted by atomic mass is 16.5. The number of carbonyl (C=O) groups is 2. The first-order valence-electron chi connectivity index (χ1n) is 12.0. The zero-order valence-electron chi connectivity index (χ0n) is 19.5. The predicted octanol–water partition coefficient (Wildman–Crippen LogP) is 3.12. The third-order valence-electron chi connectivity index (χ3n) is 7.84. The van der Waals surface area contributed by atoms with Gasteiger partial charge in [0.1, 0.15) is 18.5 Å². The number of aliphatic hydroxyl groups excluding tert-OH is 1. The molecule has 0 spiro atoms. The van der Waals surface area contributed by atoms with Crippen molar-refractivity contribution in [1.29, 1.82) is 0 Å². The number of nitrogens with zero attached hydrogens (tertiary/aromatic N) is 1. The maximum absolute atomic E-state index is 13.5. The van der Waals surface area contributed by atoms with Crippen molar-refractivity contribution in [3.8, 4) is 5.75 Å². The summed E-state index contributed by atoms with van der Waals surface area (Å²) in [6, 6.07) is 25.5. The largest absolute Gasteiger partial charge is 0.491 e. The Kier molecular flexibility index (Phi) is 5.24. The first-order chi connectivity index (χ1) is 17.0. The smallest absolute Gasteiger partial charge is 0.234 e. The molecule has 2 bridgehead atoms. The predicted molar refractivity (Wildman–Crippen MR) is 129 cm³/mol. The summed E-state index contributed by atoms with van der Waals surface area (Å²) >= 11 is 0. The van der Waals surface area contributed by atoms with E-state index in [1.54, 1.807) is 7.05 Å². The summed E-state index contributed by atoms with van der Waals surface area (Å²) in [5.74, 6) is -0.750. The van der Waals surface area contributed by atoms with Crippen molar-refractivity contribution in [2.24, 2.45) is 11.8 Å². The summed E-state index contributed by atoms with van der Waals surface area (Å²) < 4.78 is 11.8. The van der Waals surface area contributed by atoms with Crippen molar-refractivity contribution in [3.05, 3.63) is 101 Å². The molecule has 3 atom stereocenters. The van der Waals surface area contributed by atoms with Crippen LogP contribution in [0, 0.1) is 11.8 Å². The third kappa shape index (κ3) is 3.17. The normalized spacial score (nSPS) is 26.8. The summed E-state index contributed by atoms with van der Waals surface area (Å²) in [5, 5.41) is 10.5. The maximum Gasteiger partial charge on any atom is 0.234 e. The van der Waals surface area contributed by atoms with E-state index in [0.29, 0.717) is 5.75 Å². The molecule has 7 rings (SSSR count). The van der Waals surface area contributed by atoms with Gasteiger partial charge in [0, 0.05) is 13.0 Å². The van der Waals surface area contributed by atoms with Crippen LogP contribution in [-0.2, 0) is 19.7 Å². The van der Waals surface area contributed by atoms with Gasteiger partial charge < -0.3 is 14.6 Å². The number of likely N-dealkylation sites (tertiary alicyclic amines) is 1. The first-order valence-corrected chi connectivity index (χ1v) is 12.0. The molecule has 0 radical (unpaired) electrons. The van der Waals surface area contributed by atoms with Gasteiger partial charge in [-0.15, -0.1) is 0 Å². The molecule has 6 heteroatoms. The van der Waals surface area contributed by atoms with E-state index in [0.717, 1.165) is 22.3 Å². The van der Waals surface area contributed by atoms with E-state index in [2.05, 4.69) is 24.3 Å². The fourth-order valence-electron chi connectivity index (χ4n) is 6.43. The van der Waals surface area contributed by atoms with Gasteiger partial charge in [-0.1, -0.05) is 66.7 Å². The van der Waals surface area contributed by atoms with Gasteiger partial charge in [-0.25, -0.2) is 0 Å². The summed E-state index contributed by atoms with van der Waals surface area (Å²) in [6.07, 6.45) is -0.837. The first kappa shape index (κ1) is 22.0. The Hall–Kier alpha value is -3.48. The number of benzene rings is 3. The van der Waals surface area contributed by atoms with Crippen molar-refractivity contribution in [1.82, 2.24) is 4.90 Å². The molecule has 3 unspecified atom stereocenters. The highest BCUT2D eigenvalue weighted by Crippen LogP contribution is 2.63. The molecule has 35 heavy (non-hydrogen) atoms. The van der Waals surface area contributed by atoms with E-state index >= 15 is 0 Å². The van der Waals surface area contributed by atoms with Crippen LogP contribution < -0.4 is 4.74 Å². The minimum atomic E-state index is -0.837. The van der Waals surface area contributed by atoms with Crippen LogP contribution in [0.25, 0.3) is 0 Å². The molecule has 1 aliphatic heterocycles. The van der Waals surface area contributed by atoms with Crippen LogP contribution in [0.1, 0.15) is 28.2 Å². The quantitative estimate of drug-likeness (QED) is 0.538. The molecule has 178 valence electrons. The highest BCUT2D eigenvalue weighted by Gasteiger charge is 2.67. The molecule has 3 aliphatic carbocycles. The Balaban J connectivity index is 1.34. The number of ether oxygens (including phenoxy) is 2. The van der Waals surface area contributed by atoms with E-state index in [9.17, 15) is 14.7 Å². The lowest BCUT2D eigenvalue weighted by Gasteiger charge is -2.54. The monoisotopic (exact) mass is 469 g/mol. The molecule has 4 aliphatic rings. The minimum absolute atomic E-state index is 0.0533. The number of carbonyl (C=O) groups excluding carboxylic acids is 2. The molecule has 0 aromatic heterocycles. The van der Waals surface area contributed by atoms with Crippen molar-refractivity contribution in [2.45, 2.75) is 17.4 Å². The van der Waals surface area contributed by atoms with Crippen molar-refractivity contribution in [3.63, 3.8) is 0 Å². The van der Waals surface area contributed by atoms with Gasteiger partial charge in [0.15, 0.2) is 0 Å². The van der Waals surface area contributed by atoms with E-state index in [1.807, 2.05) is 54.6 Å². The number of hydrogen-bond acceptors (Lipinski definition) is 5. The SMILES string of the molecule is CN1C(=O)C2C3c4ccccc4C(COCC(O)COc4ccccc4)(c4ccccc43)C2C1=O. The van der Waals surface area contributed by atoms with E-state index in [1.165, 1.54) is 4.90 Å². The fourth-order valence-corrected chi connectivity index (χ4v) is 6.43. The maximum atomic E-state index is 13.5. The molecule has 6 nitrogen and oxygen atoms in total. The Morgan fingerprint density at radius 2 is 1.46 bits per heavy atom. The van der Waals surface area contributed by atoms with Gasteiger partial charge in [0.2, 0.25) is 11.8 Å². The summed E-state index contributed by atoms with van der Waals surface area (Å²) in [6.45, 7) is 0.334.